The van der Waals surface area contributed by atoms with Crippen molar-refractivity contribution >= 4 is 28.4 Å². The van der Waals surface area contributed by atoms with Crippen LogP contribution in [-0.2, 0) is 6.54 Å². The minimum atomic E-state index is -0.479. The number of carbonyl (C=O) groups excluding carboxylic acids is 2. The summed E-state index contributed by atoms with van der Waals surface area (Å²) in [5.41, 5.74) is 1.35. The van der Waals surface area contributed by atoms with E-state index in [1.165, 1.54) is 6.26 Å². The second kappa shape index (κ2) is 9.39. The molecule has 0 fully saturated rings. The Labute approximate surface area is 188 Å². The molecule has 0 aliphatic carbocycles. The van der Waals surface area contributed by atoms with Gasteiger partial charge in [-0.05, 0) is 61.4 Å². The largest absolute Gasteiger partial charge is 0.459 e. The summed E-state index contributed by atoms with van der Waals surface area (Å²) in [4.78, 5) is 52.1. The number of carbonyl (C=O) groups is 2. The van der Waals surface area contributed by atoms with E-state index in [9.17, 15) is 19.2 Å². The molecule has 9 nitrogen and oxygen atoms in total. The molecule has 0 spiro atoms. The SMILES string of the molecule is Cc1cc(NC(=O)c2ccco2)ccc1C(=O)NCCCn1c(=O)[nH]c2ccccc2c1=O. The molecule has 4 rings (SSSR count). The number of aryl methyl sites for hydroxylation is 1. The van der Waals surface area contributed by atoms with Crippen molar-refractivity contribution in [3.8, 4) is 0 Å². The standard InChI is InChI=1S/C24H22N4O5/c1-15-14-16(26-22(30)20-8-4-13-33-20)9-10-17(15)21(29)25-11-5-12-28-23(31)18-6-2-3-7-19(18)27-24(28)32/h2-4,6-10,13-14H,5,11-12H2,1H3,(H,25,29)(H,26,30)(H,27,32). The molecule has 2 aromatic heterocycles. The number of fused-ring (bicyclic) bond motifs is 1. The quantitative estimate of drug-likeness (QED) is 0.376. The smallest absolute Gasteiger partial charge is 0.328 e. The van der Waals surface area contributed by atoms with Gasteiger partial charge in [-0.15, -0.1) is 0 Å². The molecule has 3 N–H and O–H groups in total. The number of nitrogens with one attached hydrogen (secondary N) is 3. The fraction of sp³-hybridized carbons (Fsp3) is 0.167. The molecule has 4 aromatic rings. The van der Waals surface area contributed by atoms with Gasteiger partial charge in [0.1, 0.15) is 0 Å². The summed E-state index contributed by atoms with van der Waals surface area (Å²) in [5.74, 6) is -0.467. The van der Waals surface area contributed by atoms with Gasteiger partial charge in [-0.25, -0.2) is 4.79 Å². The van der Waals surface area contributed by atoms with Crippen LogP contribution in [0.25, 0.3) is 10.9 Å². The lowest BCUT2D eigenvalue weighted by Gasteiger charge is -2.11. The maximum Gasteiger partial charge on any atom is 0.328 e. The first-order valence-corrected chi connectivity index (χ1v) is 10.4. The van der Waals surface area contributed by atoms with E-state index >= 15 is 0 Å². The highest BCUT2D eigenvalue weighted by molar-refractivity contribution is 6.03. The summed E-state index contributed by atoms with van der Waals surface area (Å²) >= 11 is 0. The summed E-state index contributed by atoms with van der Waals surface area (Å²) in [6.07, 6.45) is 1.82. The van der Waals surface area contributed by atoms with Crippen LogP contribution in [0.1, 0.15) is 32.9 Å². The zero-order valence-electron chi connectivity index (χ0n) is 17.9. The van der Waals surface area contributed by atoms with Crippen LogP contribution in [0.2, 0.25) is 0 Å². The number of aromatic nitrogens is 2. The molecule has 168 valence electrons. The number of furan rings is 1. The van der Waals surface area contributed by atoms with Gasteiger partial charge in [0.15, 0.2) is 5.76 Å². The molecule has 0 radical (unpaired) electrons. The van der Waals surface area contributed by atoms with Crippen molar-refractivity contribution in [3.63, 3.8) is 0 Å². The molecule has 2 aromatic carbocycles. The molecule has 2 amide bonds. The number of aromatic amines is 1. The van der Waals surface area contributed by atoms with E-state index in [1.54, 1.807) is 61.5 Å². The van der Waals surface area contributed by atoms with E-state index in [1.807, 2.05) is 0 Å². The van der Waals surface area contributed by atoms with E-state index in [4.69, 9.17) is 4.42 Å². The predicted octanol–water partition coefficient (Wildman–Crippen LogP) is 2.66. The third kappa shape index (κ3) is 4.77. The van der Waals surface area contributed by atoms with Crippen molar-refractivity contribution in [3.05, 3.63) is 98.6 Å². The van der Waals surface area contributed by atoms with Crippen molar-refractivity contribution in [2.45, 2.75) is 19.9 Å². The van der Waals surface area contributed by atoms with Crippen molar-refractivity contribution in [2.24, 2.45) is 0 Å². The van der Waals surface area contributed by atoms with Crippen LogP contribution < -0.4 is 21.9 Å². The summed E-state index contributed by atoms with van der Waals surface area (Å²) in [5, 5.41) is 5.96. The second-order valence-corrected chi connectivity index (χ2v) is 7.50. The average Bonchev–Trinajstić information content (AvgIpc) is 3.33. The number of rotatable bonds is 7. The highest BCUT2D eigenvalue weighted by atomic mass is 16.3. The minimum absolute atomic E-state index is 0.177. The van der Waals surface area contributed by atoms with Crippen LogP contribution in [0, 0.1) is 6.92 Å². The first-order valence-electron chi connectivity index (χ1n) is 10.4. The number of anilines is 1. The van der Waals surface area contributed by atoms with Gasteiger partial charge >= 0.3 is 5.69 Å². The molecule has 0 unspecified atom stereocenters. The maximum absolute atomic E-state index is 12.6. The monoisotopic (exact) mass is 446 g/mol. The summed E-state index contributed by atoms with van der Waals surface area (Å²) in [6.45, 7) is 2.23. The molecule has 0 bridgehead atoms. The Balaban J connectivity index is 1.35. The lowest BCUT2D eigenvalue weighted by molar-refractivity contribution is 0.0951. The second-order valence-electron chi connectivity index (χ2n) is 7.50. The summed E-state index contributed by atoms with van der Waals surface area (Å²) in [6, 6.07) is 15.0. The van der Waals surface area contributed by atoms with E-state index in [2.05, 4.69) is 15.6 Å². The number of benzene rings is 2. The van der Waals surface area contributed by atoms with Gasteiger partial charge in [0.05, 0.1) is 17.2 Å². The van der Waals surface area contributed by atoms with Crippen molar-refractivity contribution < 1.29 is 14.0 Å². The highest BCUT2D eigenvalue weighted by Crippen LogP contribution is 2.16. The van der Waals surface area contributed by atoms with E-state index < -0.39 is 5.69 Å². The molecule has 0 saturated heterocycles. The average molecular weight is 446 g/mol. The van der Waals surface area contributed by atoms with Crippen molar-refractivity contribution in [1.29, 1.82) is 0 Å². The molecule has 0 saturated carbocycles. The first-order chi connectivity index (χ1) is 15.9. The molecule has 9 heteroatoms. The van der Waals surface area contributed by atoms with Gasteiger partial charge in [0.25, 0.3) is 17.4 Å². The Hall–Kier alpha value is -4.40. The van der Waals surface area contributed by atoms with E-state index in [0.717, 1.165) is 4.57 Å². The van der Waals surface area contributed by atoms with Crippen LogP contribution in [0.3, 0.4) is 0 Å². The normalized spacial score (nSPS) is 10.8. The zero-order valence-corrected chi connectivity index (χ0v) is 17.9. The van der Waals surface area contributed by atoms with Crippen LogP contribution in [0.5, 0.6) is 0 Å². The Bertz CT molecular complexity index is 1430. The highest BCUT2D eigenvalue weighted by Gasteiger charge is 2.13. The molecule has 33 heavy (non-hydrogen) atoms. The van der Waals surface area contributed by atoms with Crippen LogP contribution in [-0.4, -0.2) is 27.9 Å². The number of nitrogens with zero attached hydrogens (tertiary/aromatic N) is 1. The third-order valence-electron chi connectivity index (χ3n) is 5.21. The maximum atomic E-state index is 12.6. The first kappa shape index (κ1) is 21.8. The van der Waals surface area contributed by atoms with E-state index in [0.29, 0.717) is 34.1 Å². The van der Waals surface area contributed by atoms with Crippen molar-refractivity contribution in [1.82, 2.24) is 14.9 Å². The number of amides is 2. The fourth-order valence-corrected chi connectivity index (χ4v) is 3.53. The number of H-pyrrole nitrogens is 1. The Morgan fingerprint density at radius 3 is 2.61 bits per heavy atom. The Morgan fingerprint density at radius 1 is 1.03 bits per heavy atom. The third-order valence-corrected chi connectivity index (χ3v) is 5.21. The molecule has 0 atom stereocenters. The van der Waals surface area contributed by atoms with Gasteiger partial charge in [0, 0.05) is 24.3 Å². The van der Waals surface area contributed by atoms with Gasteiger partial charge in [-0.2, -0.15) is 0 Å². The number of hydrogen-bond acceptors (Lipinski definition) is 5. The van der Waals surface area contributed by atoms with Gasteiger partial charge in [-0.1, -0.05) is 12.1 Å². The molecular weight excluding hydrogens is 424 g/mol. The summed E-state index contributed by atoms with van der Waals surface area (Å²) < 4.78 is 6.20. The van der Waals surface area contributed by atoms with Crippen molar-refractivity contribution in [2.75, 3.05) is 11.9 Å². The number of hydrogen-bond donors (Lipinski definition) is 3. The minimum Gasteiger partial charge on any atom is -0.459 e. The zero-order chi connectivity index (χ0) is 23.4. The number of para-hydroxylation sites is 1. The predicted molar refractivity (Wildman–Crippen MR) is 124 cm³/mol. The van der Waals surface area contributed by atoms with Gasteiger partial charge < -0.3 is 20.0 Å². The van der Waals surface area contributed by atoms with Crippen LogP contribution in [0.4, 0.5) is 5.69 Å². The Morgan fingerprint density at radius 2 is 1.85 bits per heavy atom. The van der Waals surface area contributed by atoms with Gasteiger partial charge in [-0.3, -0.25) is 19.0 Å². The lowest BCUT2D eigenvalue weighted by Crippen LogP contribution is -2.36. The van der Waals surface area contributed by atoms with Crippen LogP contribution >= 0.6 is 0 Å². The molecule has 0 aliphatic heterocycles. The molecule has 0 aliphatic rings. The lowest BCUT2D eigenvalue weighted by atomic mass is 10.1. The topological polar surface area (TPSA) is 126 Å². The fourth-order valence-electron chi connectivity index (χ4n) is 3.53. The molecule has 2 heterocycles. The van der Waals surface area contributed by atoms with E-state index in [-0.39, 0.29) is 36.2 Å². The molecular formula is C24H22N4O5. The van der Waals surface area contributed by atoms with Crippen LogP contribution in [0.15, 0.2) is 74.9 Å². The summed E-state index contributed by atoms with van der Waals surface area (Å²) in [7, 11) is 0. The van der Waals surface area contributed by atoms with Gasteiger partial charge in [0.2, 0.25) is 0 Å². The Kier molecular flexibility index (Phi) is 6.21.